The lowest BCUT2D eigenvalue weighted by atomic mass is 10.1. The molecule has 2 rings (SSSR count). The maximum absolute atomic E-state index is 11.8. The van der Waals surface area contributed by atoms with Crippen molar-refractivity contribution in [1.29, 1.82) is 0 Å². The Morgan fingerprint density at radius 2 is 1.75 bits per heavy atom. The van der Waals surface area contributed by atoms with E-state index in [1.165, 1.54) is 37.1 Å². The van der Waals surface area contributed by atoms with Crippen LogP contribution >= 0.6 is 0 Å². The van der Waals surface area contributed by atoms with Crippen LogP contribution in [-0.2, 0) is 4.74 Å². The molecule has 1 saturated carbocycles. The van der Waals surface area contributed by atoms with Gasteiger partial charge in [-0.2, -0.15) is 0 Å². The summed E-state index contributed by atoms with van der Waals surface area (Å²) in [6, 6.07) is 5.87. The Morgan fingerprint density at radius 3 is 2.35 bits per heavy atom. The summed E-state index contributed by atoms with van der Waals surface area (Å²) in [5, 5.41) is 11.5. The van der Waals surface area contributed by atoms with E-state index in [1.807, 2.05) is 0 Å². The first-order valence-electron chi connectivity index (χ1n) is 6.90. The predicted molar refractivity (Wildman–Crippen MR) is 73.9 cm³/mol. The molecule has 108 valence electrons. The molecular formula is C15H19NO4. The van der Waals surface area contributed by atoms with Crippen LogP contribution in [0, 0.1) is 0 Å². The van der Waals surface area contributed by atoms with Gasteiger partial charge in [0.15, 0.2) is 0 Å². The van der Waals surface area contributed by atoms with E-state index in [4.69, 9.17) is 9.84 Å². The summed E-state index contributed by atoms with van der Waals surface area (Å²) < 4.78 is 5.65. The second kappa shape index (κ2) is 7.05. The van der Waals surface area contributed by atoms with Gasteiger partial charge in [-0.05, 0) is 37.1 Å². The van der Waals surface area contributed by atoms with Crippen LogP contribution in [0.3, 0.4) is 0 Å². The van der Waals surface area contributed by atoms with Crippen molar-refractivity contribution in [1.82, 2.24) is 5.32 Å². The van der Waals surface area contributed by atoms with Crippen LogP contribution in [0.2, 0.25) is 0 Å². The molecule has 0 spiro atoms. The highest BCUT2D eigenvalue weighted by molar-refractivity contribution is 5.95. The molecule has 5 nitrogen and oxygen atoms in total. The normalized spacial score (nSPS) is 15.2. The van der Waals surface area contributed by atoms with Gasteiger partial charge < -0.3 is 15.2 Å². The Kier molecular flexibility index (Phi) is 5.12. The summed E-state index contributed by atoms with van der Waals surface area (Å²) >= 11 is 0. The molecule has 1 aromatic carbocycles. The molecule has 1 fully saturated rings. The number of aromatic carboxylic acids is 1. The van der Waals surface area contributed by atoms with Gasteiger partial charge in [0.05, 0.1) is 18.3 Å². The summed E-state index contributed by atoms with van der Waals surface area (Å²) in [5.41, 5.74) is 0.627. The third-order valence-electron chi connectivity index (χ3n) is 3.44. The monoisotopic (exact) mass is 277 g/mol. The largest absolute Gasteiger partial charge is 0.478 e. The molecular weight excluding hydrogens is 258 g/mol. The fourth-order valence-corrected chi connectivity index (χ4v) is 2.31. The van der Waals surface area contributed by atoms with Gasteiger partial charge >= 0.3 is 5.97 Å². The van der Waals surface area contributed by atoms with E-state index >= 15 is 0 Å². The maximum Gasteiger partial charge on any atom is 0.335 e. The summed E-state index contributed by atoms with van der Waals surface area (Å²) in [4.78, 5) is 22.5. The van der Waals surface area contributed by atoms with Crippen molar-refractivity contribution in [3.05, 3.63) is 35.4 Å². The molecule has 2 N–H and O–H groups in total. The molecule has 0 heterocycles. The van der Waals surface area contributed by atoms with Crippen LogP contribution in [-0.4, -0.2) is 36.2 Å². The van der Waals surface area contributed by atoms with E-state index in [9.17, 15) is 9.59 Å². The molecule has 0 aliphatic heterocycles. The van der Waals surface area contributed by atoms with E-state index in [1.54, 1.807) is 0 Å². The van der Waals surface area contributed by atoms with E-state index in [0.29, 0.717) is 24.8 Å². The number of benzene rings is 1. The summed E-state index contributed by atoms with van der Waals surface area (Å²) in [6.45, 7) is 0.986. The first-order chi connectivity index (χ1) is 9.66. The molecule has 0 aromatic heterocycles. The number of carboxylic acid groups (broad SMARTS) is 1. The molecule has 0 atom stereocenters. The fourth-order valence-electron chi connectivity index (χ4n) is 2.31. The summed E-state index contributed by atoms with van der Waals surface area (Å²) in [7, 11) is 0. The van der Waals surface area contributed by atoms with Gasteiger partial charge in [-0.1, -0.05) is 12.8 Å². The average molecular weight is 277 g/mol. The second-order valence-electron chi connectivity index (χ2n) is 4.92. The number of carbonyl (C=O) groups is 2. The topological polar surface area (TPSA) is 75.6 Å². The van der Waals surface area contributed by atoms with E-state index in [2.05, 4.69) is 5.32 Å². The third-order valence-corrected chi connectivity index (χ3v) is 3.44. The lowest BCUT2D eigenvalue weighted by molar-refractivity contribution is 0.0582. The molecule has 0 bridgehead atoms. The fraction of sp³-hybridized carbons (Fsp3) is 0.467. The minimum Gasteiger partial charge on any atom is -0.478 e. The van der Waals surface area contributed by atoms with Gasteiger partial charge in [-0.3, -0.25) is 4.79 Å². The smallest absolute Gasteiger partial charge is 0.335 e. The van der Waals surface area contributed by atoms with Crippen LogP contribution in [0.4, 0.5) is 0 Å². The number of nitrogens with one attached hydrogen (secondary N) is 1. The zero-order chi connectivity index (χ0) is 14.4. The number of carbonyl (C=O) groups excluding carboxylic acids is 1. The highest BCUT2D eigenvalue weighted by Crippen LogP contribution is 2.20. The molecule has 1 aromatic rings. The van der Waals surface area contributed by atoms with Crippen molar-refractivity contribution in [3.8, 4) is 0 Å². The standard InChI is InChI=1S/C15H19NO4/c17-14(11-5-7-12(8-6-11)15(18)19)16-9-10-20-13-3-1-2-4-13/h5-8,13H,1-4,9-10H2,(H,16,17)(H,18,19). The molecule has 1 amide bonds. The second-order valence-corrected chi connectivity index (χ2v) is 4.92. The Hall–Kier alpha value is -1.88. The molecule has 1 aliphatic carbocycles. The van der Waals surface area contributed by atoms with Gasteiger partial charge in [0.25, 0.3) is 5.91 Å². The molecule has 0 unspecified atom stereocenters. The van der Waals surface area contributed by atoms with E-state index in [0.717, 1.165) is 12.8 Å². The molecule has 1 aliphatic rings. The summed E-state index contributed by atoms with van der Waals surface area (Å²) in [5.74, 6) is -1.21. The van der Waals surface area contributed by atoms with Crippen LogP contribution in [0.1, 0.15) is 46.4 Å². The Morgan fingerprint density at radius 1 is 1.15 bits per heavy atom. The summed E-state index contributed by atoms with van der Waals surface area (Å²) in [6.07, 6.45) is 5.04. The number of ether oxygens (including phenoxy) is 1. The minimum absolute atomic E-state index is 0.172. The van der Waals surface area contributed by atoms with Crippen molar-refractivity contribution in [2.75, 3.05) is 13.2 Å². The number of carboxylic acids is 1. The Labute approximate surface area is 117 Å². The van der Waals surface area contributed by atoms with Crippen molar-refractivity contribution in [2.45, 2.75) is 31.8 Å². The van der Waals surface area contributed by atoms with Crippen molar-refractivity contribution in [2.24, 2.45) is 0 Å². The predicted octanol–water partition coefficient (Wildman–Crippen LogP) is 2.07. The molecule has 0 radical (unpaired) electrons. The van der Waals surface area contributed by atoms with Gasteiger partial charge in [0.1, 0.15) is 0 Å². The highest BCUT2D eigenvalue weighted by Gasteiger charge is 2.15. The number of hydrogen-bond donors (Lipinski definition) is 2. The zero-order valence-electron chi connectivity index (χ0n) is 11.3. The van der Waals surface area contributed by atoms with Crippen molar-refractivity contribution in [3.63, 3.8) is 0 Å². The van der Waals surface area contributed by atoms with Gasteiger partial charge in [0.2, 0.25) is 0 Å². The van der Waals surface area contributed by atoms with Crippen LogP contribution in [0.25, 0.3) is 0 Å². The van der Waals surface area contributed by atoms with Gasteiger partial charge in [-0.15, -0.1) is 0 Å². The Balaban J connectivity index is 1.72. The number of hydrogen-bond acceptors (Lipinski definition) is 3. The van der Waals surface area contributed by atoms with Crippen molar-refractivity contribution < 1.29 is 19.4 Å². The lowest BCUT2D eigenvalue weighted by Gasteiger charge is -2.11. The third kappa shape index (κ3) is 4.06. The molecule has 20 heavy (non-hydrogen) atoms. The quantitative estimate of drug-likeness (QED) is 0.780. The maximum atomic E-state index is 11.8. The van der Waals surface area contributed by atoms with Crippen LogP contribution in [0.5, 0.6) is 0 Å². The average Bonchev–Trinajstić information content (AvgIpc) is 2.96. The van der Waals surface area contributed by atoms with Crippen molar-refractivity contribution >= 4 is 11.9 Å². The number of amides is 1. The van der Waals surface area contributed by atoms with Gasteiger partial charge in [0, 0.05) is 12.1 Å². The van der Waals surface area contributed by atoms with Crippen LogP contribution in [0.15, 0.2) is 24.3 Å². The highest BCUT2D eigenvalue weighted by atomic mass is 16.5. The van der Waals surface area contributed by atoms with E-state index < -0.39 is 5.97 Å². The van der Waals surface area contributed by atoms with Crippen LogP contribution < -0.4 is 5.32 Å². The van der Waals surface area contributed by atoms with Gasteiger partial charge in [-0.25, -0.2) is 4.79 Å². The molecule has 5 heteroatoms. The Bertz CT molecular complexity index is 463. The van der Waals surface area contributed by atoms with E-state index in [-0.39, 0.29) is 11.5 Å². The SMILES string of the molecule is O=C(O)c1ccc(C(=O)NCCOC2CCCC2)cc1. The first-order valence-corrected chi connectivity index (χ1v) is 6.90. The lowest BCUT2D eigenvalue weighted by Crippen LogP contribution is -2.28. The number of rotatable bonds is 6. The zero-order valence-corrected chi connectivity index (χ0v) is 11.3. The first kappa shape index (κ1) is 14.5. The minimum atomic E-state index is -0.998. The molecule has 0 saturated heterocycles.